The molecule has 2 heterocycles. The monoisotopic (exact) mass is 299 g/mol. The van der Waals surface area contributed by atoms with Crippen LogP contribution in [0.4, 0.5) is 0 Å². The molecule has 3 rings (SSSR count). The molecule has 0 fully saturated rings. The van der Waals surface area contributed by atoms with Crippen LogP contribution in [0.5, 0.6) is 11.5 Å². The van der Waals surface area contributed by atoms with Gasteiger partial charge < -0.3 is 14.4 Å². The third-order valence-electron chi connectivity index (χ3n) is 3.43. The summed E-state index contributed by atoms with van der Waals surface area (Å²) < 4.78 is 10.9. The van der Waals surface area contributed by atoms with E-state index >= 15 is 0 Å². The SMILES string of the molecule is CCOc1ccc(OCC(=O)N2Cc3cncnc3C2)cc1. The molecular formula is C16H17N3O3. The first-order chi connectivity index (χ1) is 10.8. The number of ether oxygens (including phenoxy) is 2. The van der Waals surface area contributed by atoms with Crippen LogP contribution in [0.25, 0.3) is 0 Å². The number of amides is 1. The predicted molar refractivity (Wildman–Crippen MR) is 79.4 cm³/mol. The van der Waals surface area contributed by atoms with Gasteiger partial charge in [-0.15, -0.1) is 0 Å². The predicted octanol–water partition coefficient (Wildman–Crippen LogP) is 1.80. The second kappa shape index (κ2) is 6.43. The van der Waals surface area contributed by atoms with E-state index in [1.807, 2.05) is 19.1 Å². The van der Waals surface area contributed by atoms with Crippen molar-refractivity contribution in [2.45, 2.75) is 20.0 Å². The fraction of sp³-hybridized carbons (Fsp3) is 0.312. The zero-order valence-electron chi connectivity index (χ0n) is 12.4. The maximum atomic E-state index is 12.2. The van der Waals surface area contributed by atoms with Gasteiger partial charge in [0.05, 0.1) is 18.8 Å². The van der Waals surface area contributed by atoms with Gasteiger partial charge in [-0.05, 0) is 31.2 Å². The smallest absolute Gasteiger partial charge is 0.261 e. The first-order valence-electron chi connectivity index (χ1n) is 7.17. The summed E-state index contributed by atoms with van der Waals surface area (Å²) >= 11 is 0. The Bertz CT molecular complexity index is 633. The van der Waals surface area contributed by atoms with Gasteiger partial charge in [0, 0.05) is 18.3 Å². The minimum Gasteiger partial charge on any atom is -0.494 e. The lowest BCUT2D eigenvalue weighted by Crippen LogP contribution is -2.30. The Labute approximate surface area is 128 Å². The number of hydrogen-bond acceptors (Lipinski definition) is 5. The molecule has 0 saturated heterocycles. The van der Waals surface area contributed by atoms with E-state index in [2.05, 4.69) is 9.97 Å². The molecule has 6 heteroatoms. The highest BCUT2D eigenvalue weighted by Crippen LogP contribution is 2.20. The lowest BCUT2D eigenvalue weighted by molar-refractivity contribution is -0.134. The first kappa shape index (κ1) is 14.3. The Morgan fingerprint density at radius 1 is 1.18 bits per heavy atom. The van der Waals surface area contributed by atoms with Crippen LogP contribution < -0.4 is 9.47 Å². The largest absolute Gasteiger partial charge is 0.494 e. The molecule has 1 aliphatic heterocycles. The molecule has 6 nitrogen and oxygen atoms in total. The number of aromatic nitrogens is 2. The molecule has 1 amide bonds. The minimum atomic E-state index is -0.0631. The molecular weight excluding hydrogens is 282 g/mol. The van der Waals surface area contributed by atoms with Crippen molar-refractivity contribution in [1.82, 2.24) is 14.9 Å². The van der Waals surface area contributed by atoms with E-state index in [-0.39, 0.29) is 12.5 Å². The zero-order valence-corrected chi connectivity index (χ0v) is 12.4. The van der Waals surface area contributed by atoms with Crippen LogP contribution in [0, 0.1) is 0 Å². The van der Waals surface area contributed by atoms with Crippen LogP contribution in [0.2, 0.25) is 0 Å². The molecule has 0 aliphatic carbocycles. The Hall–Kier alpha value is -2.63. The Kier molecular flexibility index (Phi) is 4.18. The van der Waals surface area contributed by atoms with Crippen molar-refractivity contribution in [3.8, 4) is 11.5 Å². The average Bonchev–Trinajstić information content (AvgIpc) is 2.98. The van der Waals surface area contributed by atoms with Gasteiger partial charge in [-0.25, -0.2) is 9.97 Å². The van der Waals surface area contributed by atoms with Crippen LogP contribution in [0.15, 0.2) is 36.8 Å². The second-order valence-electron chi connectivity index (χ2n) is 4.94. The Morgan fingerprint density at radius 3 is 2.59 bits per heavy atom. The molecule has 1 aromatic carbocycles. The van der Waals surface area contributed by atoms with E-state index in [0.717, 1.165) is 17.0 Å². The van der Waals surface area contributed by atoms with Crippen molar-refractivity contribution in [2.75, 3.05) is 13.2 Å². The van der Waals surface area contributed by atoms with Crippen LogP contribution in [-0.2, 0) is 17.9 Å². The summed E-state index contributed by atoms with van der Waals surface area (Å²) in [5.74, 6) is 1.37. The normalized spacial score (nSPS) is 12.9. The average molecular weight is 299 g/mol. The van der Waals surface area contributed by atoms with E-state index in [0.29, 0.717) is 25.4 Å². The van der Waals surface area contributed by atoms with Crippen molar-refractivity contribution < 1.29 is 14.3 Å². The van der Waals surface area contributed by atoms with E-state index in [9.17, 15) is 4.79 Å². The fourth-order valence-corrected chi connectivity index (χ4v) is 2.31. The quantitative estimate of drug-likeness (QED) is 0.842. The molecule has 0 N–H and O–H groups in total. The summed E-state index contributed by atoms with van der Waals surface area (Å²) in [7, 11) is 0. The van der Waals surface area contributed by atoms with Crippen LogP contribution in [0.3, 0.4) is 0 Å². The number of carbonyl (C=O) groups is 1. The Balaban J connectivity index is 1.53. The highest BCUT2D eigenvalue weighted by Gasteiger charge is 2.24. The summed E-state index contributed by atoms with van der Waals surface area (Å²) in [6.45, 7) is 3.62. The molecule has 1 aliphatic rings. The molecule has 0 atom stereocenters. The van der Waals surface area contributed by atoms with Crippen molar-refractivity contribution >= 4 is 5.91 Å². The van der Waals surface area contributed by atoms with Crippen molar-refractivity contribution in [3.63, 3.8) is 0 Å². The van der Waals surface area contributed by atoms with Gasteiger partial charge in [-0.3, -0.25) is 4.79 Å². The van der Waals surface area contributed by atoms with E-state index in [4.69, 9.17) is 9.47 Å². The zero-order chi connectivity index (χ0) is 15.4. The third kappa shape index (κ3) is 3.16. The van der Waals surface area contributed by atoms with Gasteiger partial charge in [0.25, 0.3) is 5.91 Å². The van der Waals surface area contributed by atoms with Gasteiger partial charge in [0.1, 0.15) is 17.8 Å². The lowest BCUT2D eigenvalue weighted by atomic mass is 10.3. The van der Waals surface area contributed by atoms with Gasteiger partial charge in [-0.1, -0.05) is 0 Å². The van der Waals surface area contributed by atoms with Crippen LogP contribution in [0.1, 0.15) is 18.2 Å². The van der Waals surface area contributed by atoms with Crippen molar-refractivity contribution in [2.24, 2.45) is 0 Å². The molecule has 0 spiro atoms. The molecule has 114 valence electrons. The number of nitrogens with zero attached hydrogens (tertiary/aromatic N) is 3. The topological polar surface area (TPSA) is 64.6 Å². The maximum absolute atomic E-state index is 12.2. The molecule has 22 heavy (non-hydrogen) atoms. The highest BCUT2D eigenvalue weighted by molar-refractivity contribution is 5.78. The summed E-state index contributed by atoms with van der Waals surface area (Å²) in [4.78, 5) is 22.1. The van der Waals surface area contributed by atoms with Gasteiger partial charge in [0.15, 0.2) is 6.61 Å². The minimum absolute atomic E-state index is 0.00932. The van der Waals surface area contributed by atoms with E-state index in [1.165, 1.54) is 6.33 Å². The van der Waals surface area contributed by atoms with Gasteiger partial charge in [0.2, 0.25) is 0 Å². The second-order valence-corrected chi connectivity index (χ2v) is 4.94. The van der Waals surface area contributed by atoms with E-state index in [1.54, 1.807) is 23.2 Å². The molecule has 0 unspecified atom stereocenters. The number of rotatable bonds is 5. The summed E-state index contributed by atoms with van der Waals surface area (Å²) in [6, 6.07) is 7.24. The number of benzene rings is 1. The van der Waals surface area contributed by atoms with Crippen molar-refractivity contribution in [3.05, 3.63) is 48.0 Å². The number of fused-ring (bicyclic) bond motifs is 1. The number of hydrogen-bond donors (Lipinski definition) is 0. The van der Waals surface area contributed by atoms with Crippen LogP contribution in [-0.4, -0.2) is 34.0 Å². The van der Waals surface area contributed by atoms with Crippen molar-refractivity contribution in [1.29, 1.82) is 0 Å². The fourth-order valence-electron chi connectivity index (χ4n) is 2.31. The molecule has 2 aromatic rings. The van der Waals surface area contributed by atoms with Gasteiger partial charge >= 0.3 is 0 Å². The standard InChI is InChI=1S/C16H17N3O3/c1-2-21-13-3-5-14(6-4-13)22-10-16(20)19-8-12-7-17-11-18-15(12)9-19/h3-7,11H,2,8-10H2,1H3. The highest BCUT2D eigenvalue weighted by atomic mass is 16.5. The summed E-state index contributed by atoms with van der Waals surface area (Å²) in [5, 5.41) is 0. The summed E-state index contributed by atoms with van der Waals surface area (Å²) in [6.07, 6.45) is 3.26. The third-order valence-corrected chi connectivity index (χ3v) is 3.43. The molecule has 0 saturated carbocycles. The number of carbonyl (C=O) groups excluding carboxylic acids is 1. The van der Waals surface area contributed by atoms with Gasteiger partial charge in [-0.2, -0.15) is 0 Å². The summed E-state index contributed by atoms with van der Waals surface area (Å²) in [5.41, 5.74) is 1.90. The molecule has 0 radical (unpaired) electrons. The Morgan fingerprint density at radius 2 is 1.91 bits per heavy atom. The molecule has 1 aromatic heterocycles. The van der Waals surface area contributed by atoms with Crippen LogP contribution >= 0.6 is 0 Å². The lowest BCUT2D eigenvalue weighted by Gasteiger charge is -2.15. The van der Waals surface area contributed by atoms with E-state index < -0.39 is 0 Å². The maximum Gasteiger partial charge on any atom is 0.261 e. The molecule has 0 bridgehead atoms. The first-order valence-corrected chi connectivity index (χ1v) is 7.17.